The van der Waals surface area contributed by atoms with Gasteiger partial charge in [0.25, 0.3) is 5.91 Å². The number of hydrogen-bond acceptors (Lipinski definition) is 5. The van der Waals surface area contributed by atoms with Gasteiger partial charge in [0.1, 0.15) is 17.1 Å². The predicted molar refractivity (Wildman–Crippen MR) is 98.6 cm³/mol. The fourth-order valence-corrected chi connectivity index (χ4v) is 5.46. The largest absolute Gasteiger partial charge is 0.464 e. The lowest BCUT2D eigenvalue weighted by Crippen LogP contribution is -2.73. The summed E-state index contributed by atoms with van der Waals surface area (Å²) in [5.41, 5.74) is 1.48. The number of alkyl halides is 1. The van der Waals surface area contributed by atoms with Crippen LogP contribution in [0.3, 0.4) is 0 Å². The number of β-lactam (4-membered cyclic amide) rings is 1. The summed E-state index contributed by atoms with van der Waals surface area (Å²) in [7, 11) is -0.189. The average molecular weight is 441 g/mol. The molecule has 3 atom stereocenters. The van der Waals surface area contributed by atoms with Crippen molar-refractivity contribution in [2.45, 2.75) is 17.8 Å². The Morgan fingerprint density at radius 3 is 2.65 bits per heavy atom. The molecule has 1 N–H and O–H groups in total. The molecule has 2 aliphatic rings. The smallest absolute Gasteiger partial charge is 0.354 e. The Morgan fingerprint density at radius 2 is 2.04 bits per heavy atom. The molecule has 0 bridgehead atoms. The Balaban J connectivity index is 1.76. The van der Waals surface area contributed by atoms with E-state index in [9.17, 15) is 18.6 Å². The predicted octanol–water partition coefficient (Wildman–Crippen LogP) is 0.466. The highest BCUT2D eigenvalue weighted by Crippen LogP contribution is 2.35. The van der Waals surface area contributed by atoms with Crippen LogP contribution in [0.1, 0.15) is 5.56 Å². The van der Waals surface area contributed by atoms with Crippen LogP contribution in [-0.2, 0) is 36.3 Å². The maximum atomic E-state index is 12.5. The second kappa shape index (κ2) is 7.71. The summed E-state index contributed by atoms with van der Waals surface area (Å²) in [4.78, 5) is 38.0. The summed E-state index contributed by atoms with van der Waals surface area (Å²) in [5.74, 6) is -1.29. The SMILES string of the molecule is COC(=O)C1=C(CBr)CS(=O)C2C(NC(=O)Cc3ccccc3)C(=O)N12. The first-order chi connectivity index (χ1) is 12.5. The number of carbonyl (C=O) groups is 3. The zero-order valence-electron chi connectivity index (χ0n) is 13.9. The monoisotopic (exact) mass is 440 g/mol. The van der Waals surface area contributed by atoms with Crippen LogP contribution < -0.4 is 5.32 Å². The number of hydrogen-bond donors (Lipinski definition) is 1. The minimum atomic E-state index is -1.42. The molecule has 2 aliphatic heterocycles. The minimum Gasteiger partial charge on any atom is -0.464 e. The van der Waals surface area contributed by atoms with Crippen molar-refractivity contribution in [3.05, 3.63) is 47.2 Å². The first kappa shape index (κ1) is 18.8. The number of ether oxygens (including phenoxy) is 1. The molecule has 0 aromatic heterocycles. The molecule has 138 valence electrons. The molecular weight excluding hydrogens is 424 g/mol. The summed E-state index contributed by atoms with van der Waals surface area (Å²) in [6, 6.07) is 8.22. The number of halogens is 1. The molecule has 3 rings (SSSR count). The molecular formula is C17H17BrN2O5S. The van der Waals surface area contributed by atoms with Gasteiger partial charge in [0.15, 0.2) is 0 Å². The summed E-state index contributed by atoms with van der Waals surface area (Å²) in [6.07, 6.45) is 0.121. The van der Waals surface area contributed by atoms with Crippen LogP contribution in [-0.4, -0.2) is 56.5 Å². The van der Waals surface area contributed by atoms with E-state index >= 15 is 0 Å². The second-order valence-electron chi connectivity index (χ2n) is 5.91. The van der Waals surface area contributed by atoms with Crippen LogP contribution in [0.4, 0.5) is 0 Å². The van der Waals surface area contributed by atoms with Crippen LogP contribution in [0.5, 0.6) is 0 Å². The number of methoxy groups -OCH3 is 1. The van der Waals surface area contributed by atoms with Crippen molar-refractivity contribution in [3.8, 4) is 0 Å². The van der Waals surface area contributed by atoms with E-state index in [4.69, 9.17) is 4.74 Å². The van der Waals surface area contributed by atoms with Crippen molar-refractivity contribution in [3.63, 3.8) is 0 Å². The van der Waals surface area contributed by atoms with Crippen molar-refractivity contribution in [2.75, 3.05) is 18.2 Å². The molecule has 26 heavy (non-hydrogen) atoms. The number of benzene rings is 1. The zero-order chi connectivity index (χ0) is 18.8. The Labute approximate surface area is 161 Å². The molecule has 9 heteroatoms. The van der Waals surface area contributed by atoms with Gasteiger partial charge < -0.3 is 10.1 Å². The molecule has 3 unspecified atom stereocenters. The number of carbonyl (C=O) groups excluding carboxylic acids is 3. The van der Waals surface area contributed by atoms with Gasteiger partial charge in [-0.3, -0.25) is 18.7 Å². The molecule has 2 heterocycles. The number of nitrogens with one attached hydrogen (secondary N) is 1. The van der Waals surface area contributed by atoms with Crippen molar-refractivity contribution in [1.29, 1.82) is 0 Å². The third kappa shape index (κ3) is 3.33. The fourth-order valence-electron chi connectivity index (χ4n) is 3.05. The third-order valence-corrected chi connectivity index (χ3v) is 6.60. The fraction of sp³-hybridized carbons (Fsp3) is 0.353. The van der Waals surface area contributed by atoms with Gasteiger partial charge in [0, 0.05) is 5.33 Å². The maximum Gasteiger partial charge on any atom is 0.354 e. The normalized spacial score (nSPS) is 24.6. The summed E-state index contributed by atoms with van der Waals surface area (Å²) >= 11 is 3.25. The van der Waals surface area contributed by atoms with Gasteiger partial charge in [0.2, 0.25) is 5.91 Å². The molecule has 1 saturated heterocycles. The quantitative estimate of drug-likeness (QED) is 0.408. The highest BCUT2D eigenvalue weighted by molar-refractivity contribution is 9.09. The highest BCUT2D eigenvalue weighted by Gasteiger charge is 2.57. The Bertz CT molecular complexity index is 811. The summed E-state index contributed by atoms with van der Waals surface area (Å²) < 4.78 is 17.3. The molecule has 0 radical (unpaired) electrons. The molecule has 1 fully saturated rings. The zero-order valence-corrected chi connectivity index (χ0v) is 16.3. The number of esters is 1. The third-order valence-electron chi connectivity index (χ3n) is 4.27. The molecule has 2 amide bonds. The average Bonchev–Trinajstić information content (AvgIpc) is 2.65. The lowest BCUT2D eigenvalue weighted by Gasteiger charge is -2.49. The van der Waals surface area contributed by atoms with Gasteiger partial charge in [-0.2, -0.15) is 0 Å². The first-order valence-electron chi connectivity index (χ1n) is 7.87. The van der Waals surface area contributed by atoms with E-state index in [1.165, 1.54) is 12.0 Å². The van der Waals surface area contributed by atoms with E-state index in [-0.39, 0.29) is 23.8 Å². The molecule has 0 spiro atoms. The summed E-state index contributed by atoms with van der Waals surface area (Å²) in [6.45, 7) is 0. The van der Waals surface area contributed by atoms with Crippen LogP contribution in [0.15, 0.2) is 41.6 Å². The van der Waals surface area contributed by atoms with Crippen molar-refractivity contribution in [1.82, 2.24) is 10.2 Å². The minimum absolute atomic E-state index is 0.118. The van der Waals surface area contributed by atoms with E-state index in [0.717, 1.165) is 5.56 Å². The molecule has 0 saturated carbocycles. The number of rotatable bonds is 5. The van der Waals surface area contributed by atoms with Gasteiger partial charge in [-0.15, -0.1) is 0 Å². The van der Waals surface area contributed by atoms with Crippen molar-refractivity contribution < 1.29 is 23.3 Å². The van der Waals surface area contributed by atoms with E-state index in [0.29, 0.717) is 10.9 Å². The van der Waals surface area contributed by atoms with Gasteiger partial charge in [-0.1, -0.05) is 46.3 Å². The maximum absolute atomic E-state index is 12.5. The van der Waals surface area contributed by atoms with Gasteiger partial charge >= 0.3 is 5.97 Å². The molecule has 7 nitrogen and oxygen atoms in total. The van der Waals surface area contributed by atoms with Crippen LogP contribution in [0, 0.1) is 0 Å². The van der Waals surface area contributed by atoms with Crippen LogP contribution in [0.2, 0.25) is 0 Å². The van der Waals surface area contributed by atoms with Gasteiger partial charge in [-0.25, -0.2) is 4.79 Å². The number of nitrogens with zero attached hydrogens (tertiary/aromatic N) is 1. The number of fused-ring (bicyclic) bond motifs is 1. The number of amides is 2. The van der Waals surface area contributed by atoms with Crippen molar-refractivity contribution in [2.24, 2.45) is 0 Å². The van der Waals surface area contributed by atoms with Gasteiger partial charge in [0.05, 0.1) is 30.1 Å². The topological polar surface area (TPSA) is 92.8 Å². The Hall–Kier alpha value is -2.00. The van der Waals surface area contributed by atoms with Crippen LogP contribution in [0.25, 0.3) is 0 Å². The lowest BCUT2D eigenvalue weighted by molar-refractivity contribution is -0.152. The Morgan fingerprint density at radius 1 is 1.35 bits per heavy atom. The van der Waals surface area contributed by atoms with E-state index in [1.807, 2.05) is 30.3 Å². The first-order valence-corrected chi connectivity index (χ1v) is 10.4. The van der Waals surface area contributed by atoms with Gasteiger partial charge in [-0.05, 0) is 11.1 Å². The molecule has 1 aromatic carbocycles. The Kier molecular flexibility index (Phi) is 5.57. The second-order valence-corrected chi connectivity index (χ2v) is 8.00. The highest BCUT2D eigenvalue weighted by atomic mass is 79.9. The van der Waals surface area contributed by atoms with E-state index in [2.05, 4.69) is 21.2 Å². The summed E-state index contributed by atoms with van der Waals surface area (Å²) in [5, 5.41) is 2.20. The van der Waals surface area contributed by atoms with E-state index < -0.39 is 34.1 Å². The molecule has 1 aromatic rings. The molecule has 0 aliphatic carbocycles. The van der Waals surface area contributed by atoms with Crippen LogP contribution >= 0.6 is 15.9 Å². The standard InChI is InChI=1S/C17H17BrN2O5S/c1-25-17(23)14-11(8-18)9-26(24)16-13(15(22)20(14)16)19-12(21)7-10-5-3-2-4-6-10/h2-6,13,16H,7-9H2,1H3,(H,19,21). The van der Waals surface area contributed by atoms with E-state index in [1.54, 1.807) is 0 Å². The lowest BCUT2D eigenvalue weighted by atomic mass is 10.0. The van der Waals surface area contributed by atoms with Crippen molar-refractivity contribution >= 4 is 44.5 Å².